The Morgan fingerprint density at radius 3 is 2.33 bits per heavy atom. The van der Waals surface area contributed by atoms with Crippen molar-refractivity contribution in [3.63, 3.8) is 0 Å². The lowest BCUT2D eigenvalue weighted by atomic mass is 9.76. The van der Waals surface area contributed by atoms with Gasteiger partial charge in [0.2, 0.25) is 5.91 Å². The van der Waals surface area contributed by atoms with Crippen molar-refractivity contribution in [1.82, 2.24) is 5.32 Å². The van der Waals surface area contributed by atoms with Crippen LogP contribution in [0.15, 0.2) is 23.7 Å². The van der Waals surface area contributed by atoms with Gasteiger partial charge in [-0.1, -0.05) is 6.08 Å². The lowest BCUT2D eigenvalue weighted by Crippen LogP contribution is -2.41. The maximum Gasteiger partial charge on any atom is 0.492 e. The summed E-state index contributed by atoms with van der Waals surface area (Å²) in [7, 11) is 0.670. The Labute approximate surface area is 160 Å². The highest BCUT2D eigenvalue weighted by molar-refractivity contribution is 6.56. The minimum atomic E-state index is -0.650. The molecular weight excluding hydrogens is 347 g/mol. The van der Waals surface area contributed by atoms with Gasteiger partial charge < -0.3 is 25.1 Å². The van der Waals surface area contributed by atoms with E-state index < -0.39 is 24.3 Å². The molecule has 1 aromatic carbocycles. The van der Waals surface area contributed by atoms with Gasteiger partial charge in [-0.05, 0) is 56.9 Å². The first kappa shape index (κ1) is 21.0. The minimum Gasteiger partial charge on any atom is -0.465 e. The van der Waals surface area contributed by atoms with Crippen LogP contribution >= 0.6 is 0 Å². The van der Waals surface area contributed by atoms with Crippen LogP contribution in [0.2, 0.25) is 0 Å². The Balaban J connectivity index is 2.43. The van der Waals surface area contributed by atoms with Gasteiger partial charge in [-0.2, -0.15) is 0 Å². The fourth-order valence-electron chi connectivity index (χ4n) is 2.57. The SMILES string of the molecule is COC(=O)c1ccc(N)c(C=C(CNC(C)=O)B2OC(C)(C)C(C)(C)O2)c1. The summed E-state index contributed by atoms with van der Waals surface area (Å²) in [5.74, 6) is -0.627. The maximum absolute atomic E-state index is 11.8. The molecule has 8 heteroatoms. The Kier molecular flexibility index (Phi) is 6.02. The summed E-state index contributed by atoms with van der Waals surface area (Å²) in [4.78, 5) is 23.2. The zero-order valence-corrected chi connectivity index (χ0v) is 16.7. The number of rotatable bonds is 5. The van der Waals surface area contributed by atoms with Crippen molar-refractivity contribution in [1.29, 1.82) is 0 Å². The fraction of sp³-hybridized carbons (Fsp3) is 0.474. The predicted octanol–water partition coefficient (Wildman–Crippen LogP) is 2.21. The molecule has 0 aliphatic carbocycles. The van der Waals surface area contributed by atoms with Crippen LogP contribution in [0.25, 0.3) is 6.08 Å². The van der Waals surface area contributed by atoms with Crippen LogP contribution in [-0.4, -0.2) is 43.9 Å². The third kappa shape index (κ3) is 4.70. The van der Waals surface area contributed by atoms with Crippen molar-refractivity contribution in [2.45, 2.75) is 45.8 Å². The molecule has 3 N–H and O–H groups in total. The van der Waals surface area contributed by atoms with Gasteiger partial charge in [0, 0.05) is 19.2 Å². The summed E-state index contributed by atoms with van der Waals surface area (Å²) >= 11 is 0. The first-order valence-electron chi connectivity index (χ1n) is 8.75. The molecule has 146 valence electrons. The number of carbonyl (C=O) groups is 2. The number of anilines is 1. The van der Waals surface area contributed by atoms with Gasteiger partial charge in [-0.15, -0.1) is 0 Å². The number of nitrogens with two attached hydrogens (primary N) is 1. The van der Waals surface area contributed by atoms with E-state index in [9.17, 15) is 9.59 Å². The summed E-state index contributed by atoms with van der Waals surface area (Å²) in [5, 5.41) is 2.77. The normalized spacial score (nSPS) is 18.3. The summed E-state index contributed by atoms with van der Waals surface area (Å²) in [6, 6.07) is 4.87. The van der Waals surface area contributed by atoms with Crippen LogP contribution < -0.4 is 11.1 Å². The molecule has 0 saturated carbocycles. The zero-order valence-electron chi connectivity index (χ0n) is 16.7. The van der Waals surface area contributed by atoms with Crippen molar-refractivity contribution in [3.8, 4) is 0 Å². The maximum atomic E-state index is 11.8. The summed E-state index contributed by atoms with van der Waals surface area (Å²) in [6.07, 6.45) is 1.78. The lowest BCUT2D eigenvalue weighted by molar-refractivity contribution is -0.118. The number of carbonyl (C=O) groups excluding carboxylic acids is 2. The molecule has 1 heterocycles. The van der Waals surface area contributed by atoms with Gasteiger partial charge in [0.25, 0.3) is 0 Å². The average molecular weight is 374 g/mol. The summed E-state index contributed by atoms with van der Waals surface area (Å²) < 4.78 is 17.0. The van der Waals surface area contributed by atoms with Crippen molar-refractivity contribution in [2.75, 3.05) is 19.4 Å². The third-order valence-electron chi connectivity index (χ3n) is 4.95. The van der Waals surface area contributed by atoms with E-state index in [-0.39, 0.29) is 12.5 Å². The highest BCUT2D eigenvalue weighted by Gasteiger charge is 2.52. The Hall–Kier alpha value is -2.32. The second-order valence-corrected chi connectivity index (χ2v) is 7.55. The summed E-state index contributed by atoms with van der Waals surface area (Å²) in [6.45, 7) is 9.48. The van der Waals surface area contributed by atoms with E-state index in [1.807, 2.05) is 27.7 Å². The van der Waals surface area contributed by atoms with Gasteiger partial charge in [-0.3, -0.25) is 4.79 Å². The third-order valence-corrected chi connectivity index (χ3v) is 4.95. The number of hydrogen-bond donors (Lipinski definition) is 2. The Morgan fingerprint density at radius 1 is 1.22 bits per heavy atom. The molecule has 0 spiro atoms. The average Bonchev–Trinajstić information content (AvgIpc) is 2.79. The smallest absolute Gasteiger partial charge is 0.465 e. The molecule has 1 aromatic rings. The molecule has 0 atom stereocenters. The topological polar surface area (TPSA) is 99.9 Å². The highest BCUT2D eigenvalue weighted by Crippen LogP contribution is 2.39. The van der Waals surface area contributed by atoms with Crippen LogP contribution in [-0.2, 0) is 18.8 Å². The van der Waals surface area contributed by atoms with E-state index in [0.717, 1.165) is 0 Å². The standard InChI is InChI=1S/C19H27BN2O5/c1-12(23)22-11-15(20-26-18(2,3)19(4,5)27-20)10-14-9-13(17(24)25-6)7-8-16(14)21/h7-10H,11,21H2,1-6H3,(H,22,23). The number of amides is 1. The molecule has 27 heavy (non-hydrogen) atoms. The molecule has 0 unspecified atom stereocenters. The van der Waals surface area contributed by atoms with Crippen molar-refractivity contribution in [3.05, 3.63) is 34.8 Å². The highest BCUT2D eigenvalue weighted by atomic mass is 16.7. The number of esters is 1. The molecule has 1 aliphatic rings. The first-order chi connectivity index (χ1) is 12.5. The quantitative estimate of drug-likeness (QED) is 0.466. The second kappa shape index (κ2) is 7.74. The van der Waals surface area contributed by atoms with Crippen molar-refractivity contribution in [2.24, 2.45) is 0 Å². The first-order valence-corrected chi connectivity index (χ1v) is 8.75. The van der Waals surface area contributed by atoms with E-state index in [1.54, 1.807) is 24.3 Å². The molecule has 1 amide bonds. The number of nitrogens with one attached hydrogen (secondary N) is 1. The van der Waals surface area contributed by atoms with Gasteiger partial charge in [-0.25, -0.2) is 4.79 Å². The Morgan fingerprint density at radius 2 is 1.81 bits per heavy atom. The van der Waals surface area contributed by atoms with Gasteiger partial charge in [0.05, 0.1) is 23.9 Å². The van der Waals surface area contributed by atoms with E-state index >= 15 is 0 Å². The molecule has 0 radical (unpaired) electrons. The van der Waals surface area contributed by atoms with Crippen LogP contribution in [0.4, 0.5) is 5.69 Å². The molecular formula is C19H27BN2O5. The molecule has 1 fully saturated rings. The predicted molar refractivity (Wildman–Crippen MR) is 105 cm³/mol. The molecule has 2 rings (SSSR count). The molecule has 1 aliphatic heterocycles. The number of benzene rings is 1. The lowest BCUT2D eigenvalue weighted by Gasteiger charge is -2.32. The van der Waals surface area contributed by atoms with E-state index in [1.165, 1.54) is 14.0 Å². The molecule has 0 bridgehead atoms. The van der Waals surface area contributed by atoms with Crippen molar-refractivity contribution >= 4 is 30.8 Å². The van der Waals surface area contributed by atoms with Crippen LogP contribution in [0.3, 0.4) is 0 Å². The Bertz CT molecular complexity index is 757. The second-order valence-electron chi connectivity index (χ2n) is 7.55. The fourth-order valence-corrected chi connectivity index (χ4v) is 2.57. The summed E-state index contributed by atoms with van der Waals surface area (Å²) in [5.41, 5.74) is 7.21. The zero-order chi connectivity index (χ0) is 20.4. The van der Waals surface area contributed by atoms with E-state index in [2.05, 4.69) is 5.32 Å². The molecule has 7 nitrogen and oxygen atoms in total. The van der Waals surface area contributed by atoms with Crippen molar-refractivity contribution < 1.29 is 23.6 Å². The minimum absolute atomic E-state index is 0.172. The van der Waals surface area contributed by atoms with Crippen LogP contribution in [0, 0.1) is 0 Å². The number of hydrogen-bond acceptors (Lipinski definition) is 6. The van der Waals surface area contributed by atoms with Gasteiger partial charge >= 0.3 is 13.1 Å². The van der Waals surface area contributed by atoms with E-state index in [4.69, 9.17) is 19.8 Å². The molecule has 0 aromatic heterocycles. The monoisotopic (exact) mass is 374 g/mol. The van der Waals surface area contributed by atoms with Gasteiger partial charge in [0.1, 0.15) is 0 Å². The van der Waals surface area contributed by atoms with Crippen LogP contribution in [0.1, 0.15) is 50.5 Å². The largest absolute Gasteiger partial charge is 0.492 e. The molecule has 1 saturated heterocycles. The van der Waals surface area contributed by atoms with Gasteiger partial charge in [0.15, 0.2) is 0 Å². The number of methoxy groups -OCH3 is 1. The number of ether oxygens (including phenoxy) is 1. The number of nitrogen functional groups attached to an aromatic ring is 1. The van der Waals surface area contributed by atoms with E-state index in [0.29, 0.717) is 22.3 Å². The van der Waals surface area contributed by atoms with Crippen LogP contribution in [0.5, 0.6) is 0 Å².